The molecule has 2 radical (unpaired) electrons. The fraction of sp³-hybridized carbons (Fsp3) is 0.462. The topological polar surface area (TPSA) is 73.3 Å². The van der Waals surface area contributed by atoms with Gasteiger partial charge in [-0.25, -0.2) is 4.98 Å². The Morgan fingerprint density at radius 2 is 2.05 bits per heavy atom. The number of aromatic nitrogens is 2. The summed E-state index contributed by atoms with van der Waals surface area (Å²) in [6.45, 7) is 9.85. The van der Waals surface area contributed by atoms with E-state index in [1.165, 1.54) is 6.21 Å². The van der Waals surface area contributed by atoms with Crippen LogP contribution in [0.5, 0.6) is 0 Å². The summed E-state index contributed by atoms with van der Waals surface area (Å²) in [5, 5.41) is 0. The van der Waals surface area contributed by atoms with Gasteiger partial charge in [-0.15, -0.1) is 0 Å². The van der Waals surface area contributed by atoms with Gasteiger partial charge in [0.1, 0.15) is 5.82 Å². The van der Waals surface area contributed by atoms with Gasteiger partial charge in [-0.3, -0.25) is 9.79 Å². The van der Waals surface area contributed by atoms with Crippen LogP contribution in [0, 0.1) is 12.3 Å². The summed E-state index contributed by atoms with van der Waals surface area (Å²) in [4.78, 5) is 20.0. The predicted octanol–water partition coefficient (Wildman–Crippen LogP) is 1.43. The Labute approximate surface area is 114 Å². The van der Waals surface area contributed by atoms with Gasteiger partial charge in [0.15, 0.2) is 0 Å². The van der Waals surface area contributed by atoms with Crippen molar-refractivity contribution in [1.29, 1.82) is 0 Å². The van der Waals surface area contributed by atoms with E-state index in [2.05, 4.69) is 30.7 Å². The van der Waals surface area contributed by atoms with Crippen LogP contribution < -0.4 is 11.3 Å². The second-order valence-electron chi connectivity index (χ2n) is 5.47. The molecule has 19 heavy (non-hydrogen) atoms. The molecule has 0 spiro atoms. The van der Waals surface area contributed by atoms with Crippen molar-refractivity contribution in [3.63, 3.8) is 0 Å². The molecular weight excluding hydrogens is 239 g/mol. The van der Waals surface area contributed by atoms with E-state index >= 15 is 0 Å². The summed E-state index contributed by atoms with van der Waals surface area (Å²) >= 11 is 0. The molecule has 1 aromatic rings. The summed E-state index contributed by atoms with van der Waals surface area (Å²) in [6, 6.07) is 0. The fourth-order valence-corrected chi connectivity index (χ4v) is 1.21. The minimum Gasteiger partial charge on any atom is -0.383 e. The molecule has 0 amide bonds. The highest BCUT2D eigenvalue weighted by Gasteiger charge is 2.12. The van der Waals surface area contributed by atoms with E-state index in [4.69, 9.17) is 13.7 Å². The van der Waals surface area contributed by atoms with Gasteiger partial charge < -0.3 is 10.2 Å². The SMILES string of the molecule is [B]n1c(C)nc(N)c(C=N/C=C(\C)C(C)(C)C)c1=O. The summed E-state index contributed by atoms with van der Waals surface area (Å²) < 4.78 is 0.956. The smallest absolute Gasteiger partial charge is 0.251 e. The molecule has 6 heteroatoms. The van der Waals surface area contributed by atoms with Crippen molar-refractivity contribution in [3.05, 3.63) is 33.5 Å². The number of anilines is 1. The van der Waals surface area contributed by atoms with E-state index < -0.39 is 5.56 Å². The summed E-state index contributed by atoms with van der Waals surface area (Å²) in [5.74, 6) is 0.496. The Balaban J connectivity index is 3.15. The van der Waals surface area contributed by atoms with Crippen molar-refractivity contribution in [1.82, 2.24) is 9.46 Å². The van der Waals surface area contributed by atoms with Gasteiger partial charge in [0.05, 0.1) is 11.4 Å². The first-order valence-corrected chi connectivity index (χ1v) is 5.99. The van der Waals surface area contributed by atoms with Crippen LogP contribution in [0.4, 0.5) is 5.82 Å². The molecule has 1 aromatic heterocycles. The molecule has 0 aromatic carbocycles. The molecule has 5 nitrogen and oxygen atoms in total. The maximum atomic E-state index is 11.9. The molecule has 0 saturated carbocycles. The van der Waals surface area contributed by atoms with Crippen molar-refractivity contribution in [2.24, 2.45) is 10.4 Å². The molecule has 0 aliphatic heterocycles. The number of allylic oxidation sites excluding steroid dienone is 1. The van der Waals surface area contributed by atoms with E-state index in [1.54, 1.807) is 13.1 Å². The molecule has 0 fully saturated rings. The van der Waals surface area contributed by atoms with Gasteiger partial charge in [0, 0.05) is 12.4 Å². The maximum Gasteiger partial charge on any atom is 0.251 e. The third kappa shape index (κ3) is 3.56. The van der Waals surface area contributed by atoms with Crippen LogP contribution in [-0.4, -0.2) is 23.7 Å². The predicted molar refractivity (Wildman–Crippen MR) is 79.6 cm³/mol. The lowest BCUT2D eigenvalue weighted by atomic mass is 9.88. The average Bonchev–Trinajstić information content (AvgIpc) is 2.29. The molecule has 0 atom stereocenters. The number of nitrogens with zero attached hydrogens (tertiary/aromatic N) is 3. The number of nitrogen functional groups attached to an aromatic ring is 1. The van der Waals surface area contributed by atoms with Crippen LogP contribution in [0.2, 0.25) is 0 Å². The van der Waals surface area contributed by atoms with Crippen molar-refractivity contribution < 1.29 is 0 Å². The lowest BCUT2D eigenvalue weighted by molar-refractivity contribution is 0.503. The quantitative estimate of drug-likeness (QED) is 0.644. The van der Waals surface area contributed by atoms with Gasteiger partial charge in [0.2, 0.25) is 7.98 Å². The first-order chi connectivity index (χ1) is 8.64. The third-order valence-electron chi connectivity index (χ3n) is 3.01. The van der Waals surface area contributed by atoms with Crippen molar-refractivity contribution >= 4 is 20.0 Å². The zero-order valence-corrected chi connectivity index (χ0v) is 12.1. The molecule has 0 bridgehead atoms. The van der Waals surface area contributed by atoms with Crippen LogP contribution in [0.3, 0.4) is 0 Å². The van der Waals surface area contributed by atoms with Crippen molar-refractivity contribution in [2.45, 2.75) is 34.6 Å². The second kappa shape index (κ2) is 5.42. The Morgan fingerprint density at radius 1 is 1.47 bits per heavy atom. The van der Waals surface area contributed by atoms with Crippen LogP contribution in [0.25, 0.3) is 0 Å². The molecule has 0 saturated heterocycles. The molecule has 2 N–H and O–H groups in total. The zero-order valence-electron chi connectivity index (χ0n) is 12.1. The number of aliphatic imine (C=N–C) groups is 1. The highest BCUT2D eigenvalue weighted by molar-refractivity contribution is 6.07. The highest BCUT2D eigenvalue weighted by Crippen LogP contribution is 2.23. The lowest BCUT2D eigenvalue weighted by Gasteiger charge is -2.18. The zero-order chi connectivity index (χ0) is 14.8. The highest BCUT2D eigenvalue weighted by atomic mass is 16.1. The third-order valence-corrected chi connectivity index (χ3v) is 3.01. The maximum absolute atomic E-state index is 11.9. The van der Waals surface area contributed by atoms with E-state index in [0.717, 1.165) is 10.1 Å². The van der Waals surface area contributed by atoms with Gasteiger partial charge in [-0.05, 0) is 24.8 Å². The first-order valence-electron chi connectivity index (χ1n) is 5.99. The van der Waals surface area contributed by atoms with E-state index in [-0.39, 0.29) is 16.8 Å². The van der Waals surface area contributed by atoms with Gasteiger partial charge in [-0.1, -0.05) is 20.8 Å². The monoisotopic (exact) mass is 258 g/mol. The molecule has 0 aliphatic rings. The number of rotatable bonds is 2. The minimum atomic E-state index is -0.407. The second-order valence-corrected chi connectivity index (χ2v) is 5.47. The van der Waals surface area contributed by atoms with Crippen LogP contribution >= 0.6 is 0 Å². The van der Waals surface area contributed by atoms with E-state index in [0.29, 0.717) is 5.82 Å². The van der Waals surface area contributed by atoms with Crippen LogP contribution in [0.1, 0.15) is 39.1 Å². The summed E-state index contributed by atoms with van der Waals surface area (Å²) in [7, 11) is 5.56. The Kier molecular flexibility index (Phi) is 4.34. The van der Waals surface area contributed by atoms with Gasteiger partial charge in [-0.2, -0.15) is 0 Å². The number of hydrogen-bond acceptors (Lipinski definition) is 4. The number of hydrogen-bond donors (Lipinski definition) is 1. The molecule has 0 aliphatic carbocycles. The Morgan fingerprint density at radius 3 is 2.58 bits per heavy atom. The molecular formula is C13H19BN4O. The number of nitrogens with two attached hydrogens (primary N) is 1. The van der Waals surface area contributed by atoms with Crippen molar-refractivity contribution in [2.75, 3.05) is 5.73 Å². The first kappa shape index (κ1) is 15.2. The minimum absolute atomic E-state index is 0.0302. The van der Waals surface area contributed by atoms with Crippen LogP contribution in [0.15, 0.2) is 21.6 Å². The summed E-state index contributed by atoms with van der Waals surface area (Å²) in [5.41, 5.74) is 6.62. The lowest BCUT2D eigenvalue weighted by Crippen LogP contribution is -2.27. The van der Waals surface area contributed by atoms with Gasteiger partial charge >= 0.3 is 0 Å². The largest absolute Gasteiger partial charge is 0.383 e. The normalized spacial score (nSPS) is 13.2. The van der Waals surface area contributed by atoms with Crippen molar-refractivity contribution in [3.8, 4) is 0 Å². The standard InChI is InChI=1S/C13H19BN4O/c1-8(13(3,4)5)6-16-7-10-11(15)17-9(2)18(14)12(10)19/h6-7H,15H2,1-5H3/b8-6+,16-7?. The van der Waals surface area contributed by atoms with E-state index in [9.17, 15) is 4.79 Å². The average molecular weight is 258 g/mol. The Hall–Kier alpha value is -1.85. The van der Waals surface area contributed by atoms with Crippen LogP contribution in [-0.2, 0) is 0 Å². The Bertz CT molecular complexity index is 594. The fourth-order valence-electron chi connectivity index (χ4n) is 1.21. The summed E-state index contributed by atoms with van der Waals surface area (Å²) in [6.07, 6.45) is 3.10. The molecule has 1 heterocycles. The van der Waals surface area contributed by atoms with E-state index in [1.807, 2.05) is 6.92 Å². The molecule has 1 rings (SSSR count). The van der Waals surface area contributed by atoms with Gasteiger partial charge in [0.25, 0.3) is 5.56 Å². The number of aryl methyl sites for hydroxylation is 1. The molecule has 100 valence electrons. The molecule has 0 unspecified atom stereocenters.